The summed E-state index contributed by atoms with van der Waals surface area (Å²) in [4.78, 5) is 2.26. The first kappa shape index (κ1) is 14.4. The Hall–Kier alpha value is -1.04. The summed E-state index contributed by atoms with van der Waals surface area (Å²) in [5.74, 6) is 0. The van der Waals surface area contributed by atoms with Crippen LogP contribution in [0.2, 0.25) is 0 Å². The number of rotatable bonds is 6. The minimum absolute atomic E-state index is 0.281. The van der Waals surface area contributed by atoms with E-state index >= 15 is 0 Å². The summed E-state index contributed by atoms with van der Waals surface area (Å²) in [6, 6.07) is 10.2. The van der Waals surface area contributed by atoms with Crippen molar-refractivity contribution in [3.8, 4) is 0 Å². The largest absolute Gasteiger partial charge is 0.329 e. The van der Waals surface area contributed by atoms with Gasteiger partial charge < -0.3 is 11.1 Å². The molecule has 3 N–H and O–H groups in total. The van der Waals surface area contributed by atoms with Gasteiger partial charge in [-0.3, -0.25) is 4.90 Å². The van der Waals surface area contributed by atoms with Gasteiger partial charge in [-0.2, -0.15) is 0 Å². The molecule has 0 aromatic heterocycles. The van der Waals surface area contributed by atoms with E-state index < -0.39 is 6.43 Å². The molecule has 19 heavy (non-hydrogen) atoms. The van der Waals surface area contributed by atoms with Crippen molar-refractivity contribution in [2.75, 3.05) is 26.2 Å². The molecule has 0 aliphatic carbocycles. The minimum Gasteiger partial charge on any atom is -0.329 e. The summed E-state index contributed by atoms with van der Waals surface area (Å²) in [6.45, 7) is 2.58. The van der Waals surface area contributed by atoms with E-state index in [-0.39, 0.29) is 12.1 Å². The Morgan fingerprint density at radius 2 is 2.05 bits per heavy atom. The molecule has 106 valence electrons. The number of nitrogens with one attached hydrogen (secondary N) is 1. The molecule has 0 spiro atoms. The van der Waals surface area contributed by atoms with E-state index in [1.54, 1.807) is 0 Å². The van der Waals surface area contributed by atoms with Crippen LogP contribution in [-0.4, -0.2) is 43.0 Å². The van der Waals surface area contributed by atoms with E-state index in [0.717, 1.165) is 26.1 Å². The van der Waals surface area contributed by atoms with Crippen LogP contribution < -0.4 is 11.1 Å². The van der Waals surface area contributed by atoms with Gasteiger partial charge in [-0.25, -0.2) is 8.78 Å². The minimum atomic E-state index is -2.33. The van der Waals surface area contributed by atoms with Gasteiger partial charge in [0.2, 0.25) is 0 Å². The average molecular weight is 269 g/mol. The van der Waals surface area contributed by atoms with Crippen molar-refractivity contribution in [1.82, 2.24) is 10.2 Å². The Bertz CT molecular complexity index is 386. The molecule has 1 aromatic rings. The zero-order valence-corrected chi connectivity index (χ0v) is 11.0. The highest BCUT2D eigenvalue weighted by molar-refractivity contribution is 5.15. The first-order chi connectivity index (χ1) is 9.13. The third kappa shape index (κ3) is 3.96. The molecule has 1 aliphatic rings. The summed E-state index contributed by atoms with van der Waals surface area (Å²) in [5, 5.41) is 2.94. The molecule has 1 unspecified atom stereocenters. The summed E-state index contributed by atoms with van der Waals surface area (Å²) in [5.41, 5.74) is 6.66. The Morgan fingerprint density at radius 3 is 2.68 bits per heavy atom. The molecule has 0 saturated carbocycles. The van der Waals surface area contributed by atoms with Crippen LogP contribution in [0.3, 0.4) is 0 Å². The van der Waals surface area contributed by atoms with E-state index in [0.29, 0.717) is 6.54 Å². The van der Waals surface area contributed by atoms with Crippen LogP contribution in [0, 0.1) is 0 Å². The Labute approximate surface area is 112 Å². The van der Waals surface area contributed by atoms with Crippen molar-refractivity contribution in [2.45, 2.75) is 24.9 Å². The molecule has 1 saturated heterocycles. The van der Waals surface area contributed by atoms with Crippen molar-refractivity contribution in [1.29, 1.82) is 0 Å². The number of likely N-dealkylation sites (tertiary alicyclic amines) is 1. The van der Waals surface area contributed by atoms with Crippen LogP contribution in [0.5, 0.6) is 0 Å². The molecular weight excluding hydrogens is 248 g/mol. The maximum atomic E-state index is 12.3. The molecule has 3 nitrogen and oxygen atoms in total. The molecular formula is C14H21F2N3. The molecule has 1 fully saturated rings. The lowest BCUT2D eigenvalue weighted by Crippen LogP contribution is -2.54. The molecule has 0 amide bonds. The van der Waals surface area contributed by atoms with Crippen LogP contribution in [0.4, 0.5) is 8.78 Å². The second kappa shape index (κ2) is 6.41. The van der Waals surface area contributed by atoms with Gasteiger partial charge in [0.05, 0.1) is 6.54 Å². The van der Waals surface area contributed by atoms with Gasteiger partial charge in [0, 0.05) is 31.7 Å². The average Bonchev–Trinajstić information content (AvgIpc) is 2.82. The van der Waals surface area contributed by atoms with Gasteiger partial charge in [-0.15, -0.1) is 0 Å². The first-order valence-electron chi connectivity index (χ1n) is 6.63. The van der Waals surface area contributed by atoms with Crippen LogP contribution in [0.15, 0.2) is 30.3 Å². The Balaban J connectivity index is 1.90. The SMILES string of the molecule is NCC1(NCC(F)F)CCN(Cc2ccccc2)C1. The number of benzene rings is 1. The predicted molar refractivity (Wildman–Crippen MR) is 72.1 cm³/mol. The third-order valence-corrected chi connectivity index (χ3v) is 3.70. The number of hydrogen-bond acceptors (Lipinski definition) is 3. The lowest BCUT2D eigenvalue weighted by Gasteiger charge is -2.29. The summed E-state index contributed by atoms with van der Waals surface area (Å²) in [7, 11) is 0. The number of nitrogens with two attached hydrogens (primary N) is 1. The topological polar surface area (TPSA) is 41.3 Å². The fraction of sp³-hybridized carbons (Fsp3) is 0.571. The molecule has 5 heteroatoms. The van der Waals surface area contributed by atoms with Crippen LogP contribution in [0.25, 0.3) is 0 Å². The van der Waals surface area contributed by atoms with Gasteiger partial charge in [0.15, 0.2) is 0 Å². The number of nitrogens with zero attached hydrogens (tertiary/aromatic N) is 1. The monoisotopic (exact) mass is 269 g/mol. The maximum absolute atomic E-state index is 12.3. The lowest BCUT2D eigenvalue weighted by molar-refractivity contribution is 0.129. The molecule has 1 aliphatic heterocycles. The van der Waals surface area contributed by atoms with Crippen LogP contribution >= 0.6 is 0 Å². The smallest absolute Gasteiger partial charge is 0.250 e. The summed E-state index contributed by atoms with van der Waals surface area (Å²) >= 11 is 0. The van der Waals surface area contributed by atoms with Crippen molar-refractivity contribution in [3.05, 3.63) is 35.9 Å². The second-order valence-electron chi connectivity index (χ2n) is 5.20. The van der Waals surface area contributed by atoms with Crippen molar-refractivity contribution in [3.63, 3.8) is 0 Å². The fourth-order valence-electron chi connectivity index (χ4n) is 2.61. The molecule has 0 bridgehead atoms. The van der Waals surface area contributed by atoms with Gasteiger partial charge in [0.25, 0.3) is 6.43 Å². The van der Waals surface area contributed by atoms with E-state index in [4.69, 9.17) is 5.73 Å². The van der Waals surface area contributed by atoms with E-state index in [2.05, 4.69) is 22.3 Å². The summed E-state index contributed by atoms with van der Waals surface area (Å²) in [6.07, 6.45) is -1.50. The van der Waals surface area contributed by atoms with E-state index in [9.17, 15) is 8.78 Å². The van der Waals surface area contributed by atoms with Crippen molar-refractivity contribution in [2.24, 2.45) is 5.73 Å². The number of alkyl halides is 2. The normalized spacial score (nSPS) is 24.2. The highest BCUT2D eigenvalue weighted by Gasteiger charge is 2.36. The van der Waals surface area contributed by atoms with Crippen LogP contribution in [0.1, 0.15) is 12.0 Å². The van der Waals surface area contributed by atoms with Gasteiger partial charge in [0.1, 0.15) is 0 Å². The predicted octanol–water partition coefficient (Wildman–Crippen LogP) is 1.44. The third-order valence-electron chi connectivity index (χ3n) is 3.70. The first-order valence-corrected chi connectivity index (χ1v) is 6.63. The molecule has 2 rings (SSSR count). The fourth-order valence-corrected chi connectivity index (χ4v) is 2.61. The van der Waals surface area contributed by atoms with Crippen LogP contribution in [-0.2, 0) is 6.54 Å². The van der Waals surface area contributed by atoms with Gasteiger partial charge in [-0.05, 0) is 12.0 Å². The van der Waals surface area contributed by atoms with Crippen molar-refractivity contribution < 1.29 is 8.78 Å². The second-order valence-corrected chi connectivity index (χ2v) is 5.20. The maximum Gasteiger partial charge on any atom is 0.250 e. The van der Waals surface area contributed by atoms with E-state index in [1.807, 2.05) is 18.2 Å². The molecule has 1 aromatic carbocycles. The Morgan fingerprint density at radius 1 is 1.32 bits per heavy atom. The number of hydrogen-bond donors (Lipinski definition) is 2. The standard InChI is InChI=1S/C14H21F2N3/c15-13(16)8-18-14(10-17)6-7-19(11-14)9-12-4-2-1-3-5-12/h1-5,13,18H,6-11,17H2. The number of halogens is 2. The van der Waals surface area contributed by atoms with Gasteiger partial charge >= 0.3 is 0 Å². The van der Waals surface area contributed by atoms with Crippen molar-refractivity contribution >= 4 is 0 Å². The highest BCUT2D eigenvalue weighted by atomic mass is 19.3. The van der Waals surface area contributed by atoms with E-state index in [1.165, 1.54) is 5.56 Å². The Kier molecular flexibility index (Phi) is 4.85. The quantitative estimate of drug-likeness (QED) is 0.821. The zero-order chi connectivity index (χ0) is 13.7. The molecule has 0 radical (unpaired) electrons. The molecule has 1 atom stereocenters. The zero-order valence-electron chi connectivity index (χ0n) is 11.0. The lowest BCUT2D eigenvalue weighted by atomic mass is 9.99. The van der Waals surface area contributed by atoms with Gasteiger partial charge in [-0.1, -0.05) is 30.3 Å². The summed E-state index contributed by atoms with van der Waals surface area (Å²) < 4.78 is 24.6. The molecule has 1 heterocycles. The highest BCUT2D eigenvalue weighted by Crippen LogP contribution is 2.22.